The molecule has 1 aromatic carbocycles. The van der Waals surface area contributed by atoms with Gasteiger partial charge in [0.05, 0.1) is 7.11 Å². The van der Waals surface area contributed by atoms with E-state index in [1.165, 1.54) is 0 Å². The lowest BCUT2D eigenvalue weighted by atomic mass is 9.97. The van der Waals surface area contributed by atoms with E-state index in [2.05, 4.69) is 0 Å². The third kappa shape index (κ3) is 5.27. The Morgan fingerprint density at radius 3 is 2.61 bits per heavy atom. The smallest absolute Gasteiger partial charge is 0.303 e. The van der Waals surface area contributed by atoms with Gasteiger partial charge in [-0.2, -0.15) is 0 Å². The maximum absolute atomic E-state index is 12.5. The van der Waals surface area contributed by atoms with Crippen molar-refractivity contribution in [2.45, 2.75) is 51.0 Å². The number of aliphatic carboxylic acids is 1. The number of likely N-dealkylation sites (tertiary alicyclic amines) is 1. The van der Waals surface area contributed by atoms with Gasteiger partial charge in [-0.05, 0) is 49.8 Å². The fraction of sp³-hybridized carbons (Fsp3) is 0.556. The Kier molecular flexibility index (Phi) is 6.44. The molecule has 1 heterocycles. The molecule has 1 aromatic rings. The van der Waals surface area contributed by atoms with Gasteiger partial charge in [0.25, 0.3) is 0 Å². The second kappa shape index (κ2) is 8.56. The second-order valence-electron chi connectivity index (χ2n) is 6.02. The number of ether oxygens (including phenoxy) is 1. The molecule has 1 amide bonds. The van der Waals surface area contributed by atoms with Gasteiger partial charge in [-0.15, -0.1) is 0 Å². The zero-order chi connectivity index (χ0) is 16.7. The highest BCUT2D eigenvalue weighted by atomic mass is 16.5. The van der Waals surface area contributed by atoms with Gasteiger partial charge in [0.1, 0.15) is 5.75 Å². The fourth-order valence-corrected chi connectivity index (χ4v) is 3.11. The van der Waals surface area contributed by atoms with E-state index in [0.29, 0.717) is 19.3 Å². The highest BCUT2D eigenvalue weighted by Gasteiger charge is 2.26. The SMILES string of the molecule is COc1ccc(CCC(=O)N2CCCCC2CCC(=O)O)cc1. The van der Waals surface area contributed by atoms with Crippen LogP contribution in [-0.4, -0.2) is 41.6 Å². The van der Waals surface area contributed by atoms with Gasteiger partial charge in [0.2, 0.25) is 5.91 Å². The molecule has 1 aliphatic rings. The standard InChI is InChI=1S/C18H25NO4/c1-23-16-9-5-14(6-10-16)7-11-17(20)19-13-3-2-4-15(19)8-12-18(21)22/h5-6,9-10,15H,2-4,7-8,11-13H2,1H3,(H,21,22). The number of nitrogens with zero attached hydrogens (tertiary/aromatic N) is 1. The van der Waals surface area contributed by atoms with Crippen molar-refractivity contribution in [3.63, 3.8) is 0 Å². The summed E-state index contributed by atoms with van der Waals surface area (Å²) in [4.78, 5) is 25.2. The summed E-state index contributed by atoms with van der Waals surface area (Å²) in [5, 5.41) is 8.85. The minimum absolute atomic E-state index is 0.0863. The zero-order valence-corrected chi connectivity index (χ0v) is 13.7. The molecule has 0 radical (unpaired) electrons. The summed E-state index contributed by atoms with van der Waals surface area (Å²) < 4.78 is 5.13. The summed E-state index contributed by atoms with van der Waals surface area (Å²) in [6.45, 7) is 0.756. The van der Waals surface area contributed by atoms with E-state index in [-0.39, 0.29) is 18.4 Å². The lowest BCUT2D eigenvalue weighted by Gasteiger charge is -2.35. The number of benzene rings is 1. The lowest BCUT2D eigenvalue weighted by Crippen LogP contribution is -2.44. The first kappa shape index (κ1) is 17.3. The van der Waals surface area contributed by atoms with Crippen LogP contribution in [0.1, 0.15) is 44.1 Å². The van der Waals surface area contributed by atoms with Crippen molar-refractivity contribution in [2.75, 3.05) is 13.7 Å². The third-order valence-corrected chi connectivity index (χ3v) is 4.43. The summed E-state index contributed by atoms with van der Waals surface area (Å²) in [6, 6.07) is 7.84. The molecule has 1 atom stereocenters. The van der Waals surface area contributed by atoms with E-state index >= 15 is 0 Å². The van der Waals surface area contributed by atoms with Crippen LogP contribution in [0, 0.1) is 0 Å². The molecule has 0 saturated carbocycles. The van der Waals surface area contributed by atoms with E-state index < -0.39 is 5.97 Å². The molecule has 2 rings (SSSR count). The van der Waals surface area contributed by atoms with Crippen molar-refractivity contribution in [3.8, 4) is 5.75 Å². The maximum atomic E-state index is 12.5. The minimum atomic E-state index is -0.791. The van der Waals surface area contributed by atoms with Gasteiger partial charge in [0, 0.05) is 25.4 Å². The van der Waals surface area contributed by atoms with Crippen molar-refractivity contribution in [1.29, 1.82) is 0 Å². The van der Waals surface area contributed by atoms with Gasteiger partial charge in [-0.1, -0.05) is 12.1 Å². The van der Waals surface area contributed by atoms with Crippen LogP contribution in [0.3, 0.4) is 0 Å². The molecule has 1 fully saturated rings. The van der Waals surface area contributed by atoms with Gasteiger partial charge in [-0.3, -0.25) is 9.59 Å². The Hall–Kier alpha value is -2.04. The van der Waals surface area contributed by atoms with Crippen LogP contribution in [0.4, 0.5) is 0 Å². The zero-order valence-electron chi connectivity index (χ0n) is 13.7. The van der Waals surface area contributed by atoms with Crippen LogP contribution in [0.15, 0.2) is 24.3 Å². The van der Waals surface area contributed by atoms with E-state index in [4.69, 9.17) is 9.84 Å². The number of carboxylic acid groups (broad SMARTS) is 1. The normalized spacial score (nSPS) is 17.8. The average Bonchev–Trinajstić information content (AvgIpc) is 2.58. The number of piperidine rings is 1. The number of carbonyl (C=O) groups excluding carboxylic acids is 1. The molecular weight excluding hydrogens is 294 g/mol. The Balaban J connectivity index is 1.87. The molecule has 0 aromatic heterocycles. The quantitative estimate of drug-likeness (QED) is 0.839. The molecule has 126 valence electrons. The van der Waals surface area contributed by atoms with Crippen LogP contribution in [-0.2, 0) is 16.0 Å². The summed E-state index contributed by atoms with van der Waals surface area (Å²) in [6.07, 6.45) is 4.86. The average molecular weight is 319 g/mol. The van der Waals surface area contributed by atoms with Crippen LogP contribution in [0.5, 0.6) is 5.75 Å². The predicted molar refractivity (Wildman–Crippen MR) is 87.5 cm³/mol. The molecule has 0 bridgehead atoms. The van der Waals surface area contributed by atoms with Crippen LogP contribution < -0.4 is 4.74 Å². The molecule has 1 N–H and O–H groups in total. The Morgan fingerprint density at radius 1 is 1.22 bits per heavy atom. The predicted octanol–water partition coefficient (Wildman–Crippen LogP) is 2.87. The highest BCUT2D eigenvalue weighted by molar-refractivity contribution is 5.77. The Labute approximate surface area is 137 Å². The Bertz CT molecular complexity index is 526. The lowest BCUT2D eigenvalue weighted by molar-refractivity contribution is -0.140. The highest BCUT2D eigenvalue weighted by Crippen LogP contribution is 2.22. The van der Waals surface area contributed by atoms with Gasteiger partial charge in [0.15, 0.2) is 0 Å². The molecule has 0 aliphatic carbocycles. The largest absolute Gasteiger partial charge is 0.497 e. The van der Waals surface area contributed by atoms with Gasteiger partial charge in [-0.25, -0.2) is 0 Å². The fourth-order valence-electron chi connectivity index (χ4n) is 3.11. The van der Waals surface area contributed by atoms with Gasteiger partial charge < -0.3 is 14.7 Å². The second-order valence-corrected chi connectivity index (χ2v) is 6.02. The number of aryl methyl sites for hydroxylation is 1. The van der Waals surface area contributed by atoms with Crippen LogP contribution in [0.25, 0.3) is 0 Å². The first-order valence-corrected chi connectivity index (χ1v) is 8.24. The molecular formula is C18H25NO4. The molecule has 5 nitrogen and oxygen atoms in total. The first-order chi connectivity index (χ1) is 11.1. The summed E-state index contributed by atoms with van der Waals surface area (Å²) in [5.74, 6) is 0.155. The first-order valence-electron chi connectivity index (χ1n) is 8.24. The number of amides is 1. The van der Waals surface area contributed by atoms with E-state index in [1.54, 1.807) is 7.11 Å². The molecule has 23 heavy (non-hydrogen) atoms. The number of carboxylic acids is 1. The van der Waals surface area contributed by atoms with E-state index in [0.717, 1.165) is 37.1 Å². The molecule has 1 unspecified atom stereocenters. The van der Waals surface area contributed by atoms with Crippen molar-refractivity contribution in [3.05, 3.63) is 29.8 Å². The van der Waals surface area contributed by atoms with E-state index in [9.17, 15) is 9.59 Å². The molecule has 0 spiro atoms. The maximum Gasteiger partial charge on any atom is 0.303 e. The van der Waals surface area contributed by atoms with Crippen molar-refractivity contribution >= 4 is 11.9 Å². The number of carbonyl (C=O) groups is 2. The van der Waals surface area contributed by atoms with Crippen molar-refractivity contribution in [1.82, 2.24) is 4.90 Å². The summed E-state index contributed by atoms with van der Waals surface area (Å²) in [7, 11) is 1.63. The topological polar surface area (TPSA) is 66.8 Å². The third-order valence-electron chi connectivity index (χ3n) is 4.43. The number of hydrogen-bond donors (Lipinski definition) is 1. The number of rotatable bonds is 7. The number of methoxy groups -OCH3 is 1. The summed E-state index contributed by atoms with van der Waals surface area (Å²) >= 11 is 0. The van der Waals surface area contributed by atoms with Crippen molar-refractivity contribution < 1.29 is 19.4 Å². The summed E-state index contributed by atoms with van der Waals surface area (Å²) in [5.41, 5.74) is 1.11. The van der Waals surface area contributed by atoms with Gasteiger partial charge >= 0.3 is 5.97 Å². The van der Waals surface area contributed by atoms with Crippen molar-refractivity contribution in [2.24, 2.45) is 0 Å². The molecule has 1 saturated heterocycles. The minimum Gasteiger partial charge on any atom is -0.497 e. The molecule has 5 heteroatoms. The number of hydrogen-bond acceptors (Lipinski definition) is 3. The van der Waals surface area contributed by atoms with Crippen LogP contribution in [0.2, 0.25) is 0 Å². The monoisotopic (exact) mass is 319 g/mol. The Morgan fingerprint density at radius 2 is 1.96 bits per heavy atom. The van der Waals surface area contributed by atoms with Crippen LogP contribution >= 0.6 is 0 Å². The van der Waals surface area contributed by atoms with E-state index in [1.807, 2.05) is 29.2 Å². The molecule has 1 aliphatic heterocycles.